The summed E-state index contributed by atoms with van der Waals surface area (Å²) < 4.78 is 22.5. The molecule has 2 atom stereocenters. The zero-order valence-corrected chi connectivity index (χ0v) is 15.5. The lowest BCUT2D eigenvalue weighted by molar-refractivity contribution is -0.0647. The average molecular weight is 349 g/mol. The summed E-state index contributed by atoms with van der Waals surface area (Å²) in [4.78, 5) is 2.57. The van der Waals surface area contributed by atoms with Gasteiger partial charge in [0.2, 0.25) is 0 Å². The quantitative estimate of drug-likeness (QED) is 0.757. The number of benzene rings is 1. The van der Waals surface area contributed by atoms with Gasteiger partial charge in [0, 0.05) is 19.1 Å². The molecule has 0 radical (unpaired) electrons. The normalized spacial score (nSPS) is 24.9. The average Bonchev–Trinajstić information content (AvgIpc) is 2.69. The molecular formula is C20H31NO4. The lowest BCUT2D eigenvalue weighted by Crippen LogP contribution is -2.51. The molecule has 5 nitrogen and oxygen atoms in total. The summed E-state index contributed by atoms with van der Waals surface area (Å²) in [6, 6.07) is 6.65. The molecule has 0 spiro atoms. The Bertz CT molecular complexity index is 530. The van der Waals surface area contributed by atoms with E-state index in [-0.39, 0.29) is 0 Å². The SMILES string of the molecule is COc1ccc(CCOC2CCCC[C@H]2N2CCOCC2)cc1OC. The van der Waals surface area contributed by atoms with Crippen molar-refractivity contribution in [3.63, 3.8) is 0 Å². The largest absolute Gasteiger partial charge is 0.493 e. The molecule has 140 valence electrons. The smallest absolute Gasteiger partial charge is 0.160 e. The van der Waals surface area contributed by atoms with E-state index in [1.807, 2.05) is 12.1 Å². The number of methoxy groups -OCH3 is 2. The van der Waals surface area contributed by atoms with E-state index < -0.39 is 0 Å². The molecular weight excluding hydrogens is 318 g/mol. The van der Waals surface area contributed by atoms with Crippen LogP contribution in [0, 0.1) is 0 Å². The van der Waals surface area contributed by atoms with Crippen LogP contribution in [0.3, 0.4) is 0 Å². The fourth-order valence-corrected chi connectivity index (χ4v) is 3.96. The summed E-state index contributed by atoms with van der Waals surface area (Å²) in [7, 11) is 3.34. The standard InChI is InChI=1S/C20H31NO4/c1-22-19-8-7-16(15-20(19)23-2)9-12-25-18-6-4-3-5-17(18)21-10-13-24-14-11-21/h7-8,15,17-18H,3-6,9-14H2,1-2H3/t17-,18?/m1/s1. The van der Waals surface area contributed by atoms with Crippen LogP contribution in [0.15, 0.2) is 18.2 Å². The zero-order valence-electron chi connectivity index (χ0n) is 15.5. The van der Waals surface area contributed by atoms with Crippen LogP contribution in [-0.2, 0) is 15.9 Å². The van der Waals surface area contributed by atoms with Crippen LogP contribution in [0.5, 0.6) is 11.5 Å². The third-order valence-electron chi connectivity index (χ3n) is 5.35. The molecule has 1 aliphatic carbocycles. The summed E-state index contributed by atoms with van der Waals surface area (Å²) >= 11 is 0. The van der Waals surface area contributed by atoms with E-state index in [2.05, 4.69) is 11.0 Å². The van der Waals surface area contributed by atoms with Gasteiger partial charge in [-0.2, -0.15) is 0 Å². The molecule has 3 rings (SSSR count). The Kier molecular flexibility index (Phi) is 6.96. The summed E-state index contributed by atoms with van der Waals surface area (Å²) in [6.45, 7) is 4.55. The fourth-order valence-electron chi connectivity index (χ4n) is 3.96. The van der Waals surface area contributed by atoms with Crippen LogP contribution >= 0.6 is 0 Å². The van der Waals surface area contributed by atoms with Crippen LogP contribution in [0.4, 0.5) is 0 Å². The minimum Gasteiger partial charge on any atom is -0.493 e. The Hall–Kier alpha value is -1.30. The number of hydrogen-bond donors (Lipinski definition) is 0. The number of nitrogens with zero attached hydrogens (tertiary/aromatic N) is 1. The van der Waals surface area contributed by atoms with Gasteiger partial charge in [0.05, 0.1) is 40.1 Å². The van der Waals surface area contributed by atoms with E-state index in [9.17, 15) is 0 Å². The second-order valence-corrected chi connectivity index (χ2v) is 6.85. The van der Waals surface area contributed by atoms with Crippen LogP contribution < -0.4 is 9.47 Å². The molecule has 2 aliphatic rings. The van der Waals surface area contributed by atoms with Gasteiger partial charge in [-0.25, -0.2) is 0 Å². The van der Waals surface area contributed by atoms with Gasteiger partial charge in [-0.3, -0.25) is 4.90 Å². The predicted molar refractivity (Wildman–Crippen MR) is 97.6 cm³/mol. The van der Waals surface area contributed by atoms with Crippen molar-refractivity contribution in [1.82, 2.24) is 4.90 Å². The highest BCUT2D eigenvalue weighted by atomic mass is 16.5. The highest BCUT2D eigenvalue weighted by Gasteiger charge is 2.31. The summed E-state index contributed by atoms with van der Waals surface area (Å²) in [6.07, 6.45) is 6.27. The van der Waals surface area contributed by atoms with E-state index in [1.165, 1.54) is 31.2 Å². The lowest BCUT2D eigenvalue weighted by atomic mass is 9.91. The van der Waals surface area contributed by atoms with Crippen molar-refractivity contribution in [2.24, 2.45) is 0 Å². The van der Waals surface area contributed by atoms with E-state index in [0.717, 1.165) is 50.8 Å². The minimum absolute atomic E-state index is 0.354. The molecule has 2 fully saturated rings. The van der Waals surface area contributed by atoms with Crippen molar-refractivity contribution in [3.8, 4) is 11.5 Å². The first kappa shape index (κ1) is 18.5. The first-order valence-corrected chi connectivity index (χ1v) is 9.46. The van der Waals surface area contributed by atoms with Gasteiger partial charge in [-0.15, -0.1) is 0 Å². The van der Waals surface area contributed by atoms with Crippen molar-refractivity contribution >= 4 is 0 Å². The number of hydrogen-bond acceptors (Lipinski definition) is 5. The molecule has 1 unspecified atom stereocenters. The van der Waals surface area contributed by atoms with Crippen LogP contribution in [0.2, 0.25) is 0 Å². The Morgan fingerprint density at radius 3 is 2.56 bits per heavy atom. The Labute approximate surface area is 151 Å². The number of ether oxygens (including phenoxy) is 4. The lowest BCUT2D eigenvalue weighted by Gasteiger charge is -2.41. The van der Waals surface area contributed by atoms with Gasteiger partial charge < -0.3 is 18.9 Å². The topological polar surface area (TPSA) is 40.2 Å². The van der Waals surface area contributed by atoms with Crippen molar-refractivity contribution in [2.75, 3.05) is 47.1 Å². The molecule has 1 aromatic carbocycles. The molecule has 1 aliphatic heterocycles. The van der Waals surface area contributed by atoms with Crippen LogP contribution in [0.1, 0.15) is 31.2 Å². The maximum atomic E-state index is 6.33. The number of morpholine rings is 1. The van der Waals surface area contributed by atoms with Gasteiger partial charge in [-0.05, 0) is 37.0 Å². The van der Waals surface area contributed by atoms with Crippen molar-refractivity contribution in [1.29, 1.82) is 0 Å². The molecule has 1 aromatic rings. The zero-order chi connectivity index (χ0) is 17.5. The molecule has 0 bridgehead atoms. The minimum atomic E-state index is 0.354. The first-order chi connectivity index (χ1) is 12.3. The number of rotatable bonds is 7. The predicted octanol–water partition coefficient (Wildman–Crippen LogP) is 2.91. The van der Waals surface area contributed by atoms with Gasteiger partial charge in [0.15, 0.2) is 11.5 Å². The molecule has 0 aromatic heterocycles. The van der Waals surface area contributed by atoms with E-state index in [4.69, 9.17) is 18.9 Å². The molecule has 25 heavy (non-hydrogen) atoms. The first-order valence-electron chi connectivity index (χ1n) is 9.46. The molecule has 1 heterocycles. The van der Waals surface area contributed by atoms with Crippen molar-refractivity contribution in [3.05, 3.63) is 23.8 Å². The molecule has 1 saturated heterocycles. The van der Waals surface area contributed by atoms with Crippen molar-refractivity contribution in [2.45, 2.75) is 44.2 Å². The third kappa shape index (κ3) is 4.87. The summed E-state index contributed by atoms with van der Waals surface area (Å²) in [5.74, 6) is 1.55. The maximum absolute atomic E-state index is 6.33. The van der Waals surface area contributed by atoms with E-state index in [1.54, 1.807) is 14.2 Å². The van der Waals surface area contributed by atoms with Crippen LogP contribution in [0.25, 0.3) is 0 Å². The Balaban J connectivity index is 1.52. The van der Waals surface area contributed by atoms with E-state index in [0.29, 0.717) is 12.1 Å². The summed E-state index contributed by atoms with van der Waals surface area (Å²) in [5.41, 5.74) is 1.22. The third-order valence-corrected chi connectivity index (χ3v) is 5.35. The highest BCUT2D eigenvalue weighted by Crippen LogP contribution is 2.29. The van der Waals surface area contributed by atoms with E-state index >= 15 is 0 Å². The molecule has 5 heteroatoms. The fraction of sp³-hybridized carbons (Fsp3) is 0.700. The molecule has 1 saturated carbocycles. The Morgan fingerprint density at radius 2 is 1.80 bits per heavy atom. The highest BCUT2D eigenvalue weighted by molar-refractivity contribution is 5.42. The van der Waals surface area contributed by atoms with Crippen molar-refractivity contribution < 1.29 is 18.9 Å². The molecule has 0 amide bonds. The second kappa shape index (κ2) is 9.41. The monoisotopic (exact) mass is 349 g/mol. The summed E-state index contributed by atoms with van der Waals surface area (Å²) in [5, 5.41) is 0. The Morgan fingerprint density at radius 1 is 1.04 bits per heavy atom. The van der Waals surface area contributed by atoms with Gasteiger partial charge in [0.1, 0.15) is 0 Å². The maximum Gasteiger partial charge on any atom is 0.160 e. The van der Waals surface area contributed by atoms with Gasteiger partial charge >= 0.3 is 0 Å². The molecule has 0 N–H and O–H groups in total. The van der Waals surface area contributed by atoms with Gasteiger partial charge in [-0.1, -0.05) is 18.9 Å². The van der Waals surface area contributed by atoms with Gasteiger partial charge in [0.25, 0.3) is 0 Å². The van der Waals surface area contributed by atoms with Crippen LogP contribution in [-0.4, -0.2) is 64.2 Å². The second-order valence-electron chi connectivity index (χ2n) is 6.85.